The van der Waals surface area contributed by atoms with E-state index in [1.807, 2.05) is 20.8 Å². The van der Waals surface area contributed by atoms with Crippen molar-refractivity contribution in [2.24, 2.45) is 0 Å². The van der Waals surface area contributed by atoms with Crippen LogP contribution in [0.5, 0.6) is 0 Å². The molecule has 18 heavy (non-hydrogen) atoms. The number of likely N-dealkylation sites (N-methyl/N-ethyl adjacent to an activating group) is 1. The summed E-state index contributed by atoms with van der Waals surface area (Å²) in [5.41, 5.74) is 0.768. The van der Waals surface area contributed by atoms with Crippen molar-refractivity contribution < 1.29 is 14.3 Å². The van der Waals surface area contributed by atoms with Crippen molar-refractivity contribution in [3.8, 4) is 0 Å². The van der Waals surface area contributed by atoms with Crippen LogP contribution in [0.15, 0.2) is 0 Å². The Morgan fingerprint density at radius 1 is 1.44 bits per heavy atom. The second-order valence-electron chi connectivity index (χ2n) is 4.08. The number of hydrogen-bond acceptors (Lipinski definition) is 5. The SMILES string of the molecule is CCNC(=O)Cn1nnc(C(=O)OC)c1C(C)C. The molecular formula is C11H18N4O3. The Kier molecular flexibility index (Phi) is 4.82. The second-order valence-corrected chi connectivity index (χ2v) is 4.08. The monoisotopic (exact) mass is 254 g/mol. The number of nitrogens with zero attached hydrogens (tertiary/aromatic N) is 3. The van der Waals surface area contributed by atoms with Gasteiger partial charge in [0.15, 0.2) is 5.69 Å². The maximum atomic E-state index is 11.5. The predicted molar refractivity (Wildman–Crippen MR) is 64.1 cm³/mol. The van der Waals surface area contributed by atoms with Crippen LogP contribution in [0.1, 0.15) is 42.9 Å². The number of hydrogen-bond donors (Lipinski definition) is 1. The Balaban J connectivity index is 3.02. The lowest BCUT2D eigenvalue weighted by Crippen LogP contribution is -2.28. The Labute approximate surface area is 105 Å². The topological polar surface area (TPSA) is 86.1 Å². The van der Waals surface area contributed by atoms with Gasteiger partial charge in [-0.05, 0) is 12.8 Å². The average molecular weight is 254 g/mol. The van der Waals surface area contributed by atoms with Crippen molar-refractivity contribution in [3.05, 3.63) is 11.4 Å². The van der Waals surface area contributed by atoms with Gasteiger partial charge in [0.05, 0.1) is 12.8 Å². The van der Waals surface area contributed by atoms with Gasteiger partial charge in [-0.15, -0.1) is 5.10 Å². The number of aromatic nitrogens is 3. The minimum Gasteiger partial charge on any atom is -0.464 e. The van der Waals surface area contributed by atoms with E-state index < -0.39 is 5.97 Å². The minimum atomic E-state index is -0.541. The number of carbonyl (C=O) groups excluding carboxylic acids is 2. The van der Waals surface area contributed by atoms with E-state index in [2.05, 4.69) is 20.4 Å². The zero-order chi connectivity index (χ0) is 13.7. The molecular weight excluding hydrogens is 236 g/mol. The van der Waals surface area contributed by atoms with Gasteiger partial charge < -0.3 is 10.1 Å². The average Bonchev–Trinajstić information content (AvgIpc) is 2.72. The number of rotatable bonds is 5. The maximum absolute atomic E-state index is 11.5. The zero-order valence-corrected chi connectivity index (χ0v) is 11.1. The summed E-state index contributed by atoms with van der Waals surface area (Å²) in [6.07, 6.45) is 0. The summed E-state index contributed by atoms with van der Waals surface area (Å²) < 4.78 is 6.07. The van der Waals surface area contributed by atoms with Gasteiger partial charge >= 0.3 is 5.97 Å². The van der Waals surface area contributed by atoms with Crippen LogP contribution in [0, 0.1) is 0 Å². The van der Waals surface area contributed by atoms with Crippen molar-refractivity contribution >= 4 is 11.9 Å². The molecule has 7 heteroatoms. The highest BCUT2D eigenvalue weighted by molar-refractivity contribution is 5.88. The van der Waals surface area contributed by atoms with Crippen molar-refractivity contribution in [1.82, 2.24) is 20.3 Å². The van der Waals surface area contributed by atoms with Crippen molar-refractivity contribution in [2.45, 2.75) is 33.2 Å². The molecule has 100 valence electrons. The van der Waals surface area contributed by atoms with Gasteiger partial charge in [-0.25, -0.2) is 9.48 Å². The zero-order valence-electron chi connectivity index (χ0n) is 11.1. The summed E-state index contributed by atoms with van der Waals surface area (Å²) in [6, 6.07) is 0. The first kappa shape index (κ1) is 14.1. The van der Waals surface area contributed by atoms with Crippen LogP contribution in [0.25, 0.3) is 0 Å². The van der Waals surface area contributed by atoms with E-state index in [9.17, 15) is 9.59 Å². The molecule has 1 amide bonds. The summed E-state index contributed by atoms with van der Waals surface area (Å²) in [5.74, 6) is -0.690. The normalized spacial score (nSPS) is 10.5. The molecule has 0 unspecified atom stereocenters. The maximum Gasteiger partial charge on any atom is 0.360 e. The quantitative estimate of drug-likeness (QED) is 0.765. The van der Waals surface area contributed by atoms with Crippen LogP contribution >= 0.6 is 0 Å². The van der Waals surface area contributed by atoms with Gasteiger partial charge in [0.25, 0.3) is 0 Å². The standard InChI is InChI=1S/C11H18N4O3/c1-5-12-8(16)6-15-10(7(2)3)9(13-14-15)11(17)18-4/h7H,5-6H2,1-4H3,(H,12,16). The third kappa shape index (κ3) is 3.06. The fraction of sp³-hybridized carbons (Fsp3) is 0.636. The van der Waals surface area contributed by atoms with E-state index in [1.54, 1.807) is 0 Å². The van der Waals surface area contributed by atoms with Crippen LogP contribution in [0.2, 0.25) is 0 Å². The van der Waals surface area contributed by atoms with Gasteiger partial charge in [-0.2, -0.15) is 0 Å². The lowest BCUT2D eigenvalue weighted by Gasteiger charge is -2.10. The van der Waals surface area contributed by atoms with Crippen molar-refractivity contribution in [3.63, 3.8) is 0 Å². The molecule has 0 radical (unpaired) electrons. The van der Waals surface area contributed by atoms with Crippen LogP contribution in [0.4, 0.5) is 0 Å². The first-order chi connectivity index (χ1) is 8.51. The molecule has 0 aromatic carbocycles. The number of amides is 1. The first-order valence-electron chi connectivity index (χ1n) is 5.79. The molecule has 1 aromatic rings. The van der Waals surface area contributed by atoms with Gasteiger partial charge in [0.1, 0.15) is 6.54 Å². The minimum absolute atomic E-state index is 0.0172. The van der Waals surface area contributed by atoms with E-state index in [0.29, 0.717) is 12.2 Å². The largest absolute Gasteiger partial charge is 0.464 e. The van der Waals surface area contributed by atoms with Crippen LogP contribution in [0.3, 0.4) is 0 Å². The van der Waals surface area contributed by atoms with Gasteiger partial charge in [0, 0.05) is 6.54 Å². The molecule has 0 bridgehead atoms. The number of ether oxygens (including phenoxy) is 1. The van der Waals surface area contributed by atoms with E-state index in [0.717, 1.165) is 0 Å². The Morgan fingerprint density at radius 3 is 2.61 bits per heavy atom. The summed E-state index contributed by atoms with van der Waals surface area (Å²) in [7, 11) is 1.29. The lowest BCUT2D eigenvalue weighted by molar-refractivity contribution is -0.121. The third-order valence-electron chi connectivity index (χ3n) is 2.37. The summed E-state index contributed by atoms with van der Waals surface area (Å²) in [6.45, 7) is 6.24. The summed E-state index contributed by atoms with van der Waals surface area (Å²) >= 11 is 0. The van der Waals surface area contributed by atoms with Crippen LogP contribution in [-0.2, 0) is 16.1 Å². The number of nitrogens with one attached hydrogen (secondary N) is 1. The molecule has 1 N–H and O–H groups in total. The molecule has 0 saturated heterocycles. The number of methoxy groups -OCH3 is 1. The summed E-state index contributed by atoms with van der Waals surface area (Å²) in [5, 5.41) is 10.3. The Bertz CT molecular complexity index is 439. The fourth-order valence-electron chi connectivity index (χ4n) is 1.64. The fourth-order valence-corrected chi connectivity index (χ4v) is 1.64. The highest BCUT2D eigenvalue weighted by atomic mass is 16.5. The van der Waals surface area contributed by atoms with E-state index in [-0.39, 0.29) is 24.1 Å². The molecule has 0 aliphatic heterocycles. The third-order valence-corrected chi connectivity index (χ3v) is 2.37. The molecule has 1 rings (SSSR count). The molecule has 1 heterocycles. The van der Waals surface area contributed by atoms with E-state index >= 15 is 0 Å². The second kappa shape index (κ2) is 6.13. The smallest absolute Gasteiger partial charge is 0.360 e. The molecule has 0 saturated carbocycles. The van der Waals surface area contributed by atoms with Crippen molar-refractivity contribution in [1.29, 1.82) is 0 Å². The lowest BCUT2D eigenvalue weighted by atomic mass is 10.1. The van der Waals surface area contributed by atoms with Gasteiger partial charge in [-0.1, -0.05) is 19.1 Å². The number of carbonyl (C=O) groups is 2. The number of esters is 1. The molecule has 0 spiro atoms. The molecule has 0 aliphatic carbocycles. The van der Waals surface area contributed by atoms with Crippen LogP contribution in [-0.4, -0.2) is 40.5 Å². The van der Waals surface area contributed by atoms with Crippen molar-refractivity contribution in [2.75, 3.05) is 13.7 Å². The summed E-state index contributed by atoms with van der Waals surface area (Å²) in [4.78, 5) is 23.0. The first-order valence-corrected chi connectivity index (χ1v) is 5.79. The molecule has 0 atom stereocenters. The van der Waals surface area contributed by atoms with Crippen LogP contribution < -0.4 is 5.32 Å². The van der Waals surface area contributed by atoms with Gasteiger partial charge in [-0.3, -0.25) is 4.79 Å². The molecule has 0 aliphatic rings. The highest BCUT2D eigenvalue weighted by Crippen LogP contribution is 2.18. The van der Waals surface area contributed by atoms with E-state index in [4.69, 9.17) is 0 Å². The Morgan fingerprint density at radius 2 is 2.11 bits per heavy atom. The highest BCUT2D eigenvalue weighted by Gasteiger charge is 2.23. The molecule has 1 aromatic heterocycles. The van der Waals surface area contributed by atoms with Gasteiger partial charge in [0.2, 0.25) is 5.91 Å². The Hall–Kier alpha value is -1.92. The predicted octanol–water partition coefficient (Wildman–Crippen LogP) is 0.324. The molecule has 7 nitrogen and oxygen atoms in total. The molecule has 0 fully saturated rings. The van der Waals surface area contributed by atoms with E-state index in [1.165, 1.54) is 11.8 Å².